The molecule has 23 heavy (non-hydrogen) atoms. The van der Waals surface area contributed by atoms with Crippen molar-refractivity contribution in [2.24, 2.45) is 0 Å². The van der Waals surface area contributed by atoms with Crippen LogP contribution >= 0.6 is 11.6 Å². The van der Waals surface area contributed by atoms with Gasteiger partial charge in [-0.3, -0.25) is 4.79 Å². The Balaban J connectivity index is 2.03. The molecule has 0 aliphatic heterocycles. The fourth-order valence-corrected chi connectivity index (χ4v) is 1.87. The molecule has 0 spiro atoms. The second-order valence-corrected chi connectivity index (χ2v) is 4.99. The number of ether oxygens (including phenoxy) is 1. The van der Waals surface area contributed by atoms with Crippen molar-refractivity contribution in [3.8, 4) is 6.07 Å². The van der Waals surface area contributed by atoms with Crippen LogP contribution in [0.1, 0.15) is 23.0 Å². The molecule has 0 bridgehead atoms. The van der Waals surface area contributed by atoms with Crippen molar-refractivity contribution in [2.75, 3.05) is 5.32 Å². The van der Waals surface area contributed by atoms with Crippen molar-refractivity contribution in [3.63, 3.8) is 0 Å². The minimum Gasteiger partial charge on any atom is -0.448 e. The molecule has 0 saturated heterocycles. The molecule has 1 atom stereocenters. The zero-order valence-corrected chi connectivity index (χ0v) is 12.9. The van der Waals surface area contributed by atoms with Crippen LogP contribution in [0.4, 0.5) is 5.69 Å². The quantitative estimate of drug-likeness (QED) is 0.871. The van der Waals surface area contributed by atoms with Crippen molar-refractivity contribution in [2.45, 2.75) is 13.0 Å². The summed E-state index contributed by atoms with van der Waals surface area (Å²) in [4.78, 5) is 27.8. The number of nitrogens with zero attached hydrogens (tertiary/aromatic N) is 2. The first-order chi connectivity index (χ1) is 11.0. The van der Waals surface area contributed by atoms with Crippen LogP contribution in [0.5, 0.6) is 0 Å². The lowest BCUT2D eigenvalue weighted by molar-refractivity contribution is -0.123. The average Bonchev–Trinajstić information content (AvgIpc) is 2.55. The number of anilines is 1. The first-order valence-corrected chi connectivity index (χ1v) is 7.01. The molecule has 1 amide bonds. The van der Waals surface area contributed by atoms with Gasteiger partial charge in [-0.15, -0.1) is 0 Å². The Morgan fingerprint density at radius 2 is 2.09 bits per heavy atom. The molecule has 6 nitrogen and oxygen atoms in total. The molecule has 7 heteroatoms. The fourth-order valence-electron chi connectivity index (χ4n) is 1.71. The van der Waals surface area contributed by atoms with Crippen LogP contribution in [0, 0.1) is 11.3 Å². The summed E-state index contributed by atoms with van der Waals surface area (Å²) in [6, 6.07) is 11.4. The van der Waals surface area contributed by atoms with Crippen molar-refractivity contribution in [1.82, 2.24) is 4.98 Å². The van der Waals surface area contributed by atoms with Gasteiger partial charge in [0.1, 0.15) is 11.8 Å². The topological polar surface area (TPSA) is 92.1 Å². The minimum absolute atomic E-state index is 0.00887. The molecule has 116 valence electrons. The number of aromatic nitrogens is 1. The highest BCUT2D eigenvalue weighted by molar-refractivity contribution is 6.30. The molecule has 0 radical (unpaired) electrons. The Bertz CT molecular complexity index is 786. The fraction of sp³-hybridized carbons (Fsp3) is 0.125. The van der Waals surface area contributed by atoms with Gasteiger partial charge >= 0.3 is 5.97 Å². The number of nitrogens with one attached hydrogen (secondary N) is 1. The van der Waals surface area contributed by atoms with Crippen LogP contribution in [0.2, 0.25) is 5.02 Å². The van der Waals surface area contributed by atoms with Crippen LogP contribution in [0.3, 0.4) is 0 Å². The third-order valence-corrected chi connectivity index (χ3v) is 3.12. The third-order valence-electron chi connectivity index (χ3n) is 2.89. The predicted octanol–water partition coefficient (Wildman–Crippen LogP) is 2.79. The summed E-state index contributed by atoms with van der Waals surface area (Å²) in [6.07, 6.45) is 0.308. The number of amides is 1. The number of carbonyl (C=O) groups excluding carboxylic acids is 2. The maximum atomic E-state index is 12.1. The third kappa shape index (κ3) is 4.28. The molecular weight excluding hydrogens is 318 g/mol. The number of pyridine rings is 1. The normalized spacial score (nSPS) is 11.2. The molecule has 0 aliphatic rings. The van der Waals surface area contributed by atoms with Crippen LogP contribution < -0.4 is 5.32 Å². The number of rotatable bonds is 4. The second-order valence-electron chi connectivity index (χ2n) is 4.55. The molecular formula is C16H12ClN3O3. The molecule has 0 saturated carbocycles. The highest BCUT2D eigenvalue weighted by Gasteiger charge is 2.20. The number of nitriles is 1. The Hall–Kier alpha value is -2.91. The van der Waals surface area contributed by atoms with Gasteiger partial charge in [-0.25, -0.2) is 9.78 Å². The standard InChI is InChI=1S/C16H12ClN3O3/c1-10(23-16(22)14-8-12(17)6-7-19-14)15(21)20-13-5-3-2-4-11(13)9-18/h2-8,10H,1H3,(H,20,21)/t10-/m1/s1. The smallest absolute Gasteiger partial charge is 0.357 e. The molecule has 0 unspecified atom stereocenters. The maximum Gasteiger partial charge on any atom is 0.357 e. The Morgan fingerprint density at radius 3 is 2.78 bits per heavy atom. The van der Waals surface area contributed by atoms with E-state index in [0.717, 1.165) is 0 Å². The highest BCUT2D eigenvalue weighted by atomic mass is 35.5. The summed E-state index contributed by atoms with van der Waals surface area (Å²) in [6.45, 7) is 1.42. The van der Waals surface area contributed by atoms with E-state index in [1.165, 1.54) is 25.3 Å². The number of halogens is 1. The predicted molar refractivity (Wildman–Crippen MR) is 83.9 cm³/mol. The number of hydrogen-bond acceptors (Lipinski definition) is 5. The van der Waals surface area contributed by atoms with Gasteiger partial charge in [0.15, 0.2) is 6.10 Å². The van der Waals surface area contributed by atoms with Gasteiger partial charge in [-0.2, -0.15) is 5.26 Å². The largest absolute Gasteiger partial charge is 0.448 e. The van der Waals surface area contributed by atoms with Gasteiger partial charge in [-0.1, -0.05) is 23.7 Å². The summed E-state index contributed by atoms with van der Waals surface area (Å²) in [5, 5.41) is 11.9. The summed E-state index contributed by atoms with van der Waals surface area (Å²) < 4.78 is 5.04. The van der Waals surface area contributed by atoms with Gasteiger partial charge < -0.3 is 10.1 Å². The zero-order chi connectivity index (χ0) is 16.8. The Morgan fingerprint density at radius 1 is 1.35 bits per heavy atom. The van der Waals surface area contributed by atoms with Crippen molar-refractivity contribution in [1.29, 1.82) is 5.26 Å². The van der Waals surface area contributed by atoms with E-state index < -0.39 is 18.0 Å². The first-order valence-electron chi connectivity index (χ1n) is 6.64. The number of para-hydroxylation sites is 1. The van der Waals surface area contributed by atoms with E-state index in [9.17, 15) is 9.59 Å². The van der Waals surface area contributed by atoms with Gasteiger partial charge in [0.2, 0.25) is 0 Å². The molecule has 1 aromatic carbocycles. The molecule has 0 aliphatic carbocycles. The maximum absolute atomic E-state index is 12.1. The molecule has 0 fully saturated rings. The van der Waals surface area contributed by atoms with E-state index >= 15 is 0 Å². The zero-order valence-electron chi connectivity index (χ0n) is 12.1. The lowest BCUT2D eigenvalue weighted by Crippen LogP contribution is -2.30. The number of esters is 1. The summed E-state index contributed by atoms with van der Waals surface area (Å²) in [7, 11) is 0. The van der Waals surface area contributed by atoms with Crippen LogP contribution in [-0.4, -0.2) is 23.0 Å². The van der Waals surface area contributed by atoms with E-state index in [-0.39, 0.29) is 5.69 Å². The van der Waals surface area contributed by atoms with E-state index in [4.69, 9.17) is 21.6 Å². The van der Waals surface area contributed by atoms with Crippen LogP contribution in [0.15, 0.2) is 42.6 Å². The SMILES string of the molecule is C[C@@H](OC(=O)c1cc(Cl)ccn1)C(=O)Nc1ccccc1C#N. The van der Waals surface area contributed by atoms with Crippen LogP contribution in [0.25, 0.3) is 0 Å². The molecule has 2 rings (SSSR count). The lowest BCUT2D eigenvalue weighted by atomic mass is 10.2. The van der Waals surface area contributed by atoms with Gasteiger partial charge in [-0.05, 0) is 31.2 Å². The summed E-state index contributed by atoms with van der Waals surface area (Å²) in [5.74, 6) is -1.31. The first kappa shape index (κ1) is 16.5. The number of carbonyl (C=O) groups is 2. The Labute approximate surface area is 137 Å². The van der Waals surface area contributed by atoms with Crippen molar-refractivity contribution < 1.29 is 14.3 Å². The van der Waals surface area contributed by atoms with Crippen molar-refractivity contribution in [3.05, 3.63) is 58.9 Å². The highest BCUT2D eigenvalue weighted by Crippen LogP contribution is 2.15. The van der Waals surface area contributed by atoms with E-state index in [1.54, 1.807) is 24.3 Å². The monoisotopic (exact) mass is 329 g/mol. The van der Waals surface area contributed by atoms with Gasteiger partial charge in [0.25, 0.3) is 5.91 Å². The molecule has 1 aromatic heterocycles. The van der Waals surface area contributed by atoms with Gasteiger partial charge in [0, 0.05) is 11.2 Å². The van der Waals surface area contributed by atoms with E-state index in [1.807, 2.05) is 6.07 Å². The van der Waals surface area contributed by atoms with Gasteiger partial charge in [0.05, 0.1) is 11.3 Å². The number of benzene rings is 1. The van der Waals surface area contributed by atoms with Crippen molar-refractivity contribution >= 4 is 29.2 Å². The van der Waals surface area contributed by atoms with Crippen LogP contribution in [-0.2, 0) is 9.53 Å². The molecule has 2 aromatic rings. The Kier molecular flexibility index (Phi) is 5.28. The van der Waals surface area contributed by atoms with E-state index in [2.05, 4.69) is 10.3 Å². The number of hydrogen-bond donors (Lipinski definition) is 1. The second kappa shape index (κ2) is 7.38. The lowest BCUT2D eigenvalue weighted by Gasteiger charge is -2.13. The van der Waals surface area contributed by atoms with E-state index in [0.29, 0.717) is 16.3 Å². The molecule has 1 heterocycles. The summed E-state index contributed by atoms with van der Waals surface area (Å²) in [5.41, 5.74) is 0.675. The molecule has 1 N–H and O–H groups in total. The summed E-state index contributed by atoms with van der Waals surface area (Å²) >= 11 is 5.77. The average molecular weight is 330 g/mol. The minimum atomic E-state index is -1.06.